The number of rotatable bonds is 2. The van der Waals surface area contributed by atoms with Gasteiger partial charge in [0.1, 0.15) is 0 Å². The first kappa shape index (κ1) is 12.1. The number of benzene rings is 1. The van der Waals surface area contributed by atoms with Crippen LogP contribution in [-0.2, 0) is 0 Å². The number of nitrogens with one attached hydrogen (secondary N) is 1. The fourth-order valence-electron chi connectivity index (χ4n) is 2.19. The molecule has 0 bridgehead atoms. The van der Waals surface area contributed by atoms with Crippen LogP contribution >= 0.6 is 0 Å². The molecule has 3 nitrogen and oxygen atoms in total. The predicted octanol–water partition coefficient (Wildman–Crippen LogP) is 2.03. The molecule has 2 rings (SSSR count). The standard InChI is InChI=1S/C14H19NO2/c1-10-2-4-11(5-3-10)14(17)15-12-6-8-13(16)9-7-12/h2-5,12-13,16H,6-9H2,1H3,(H,15,17)/t12-,13+. The zero-order valence-corrected chi connectivity index (χ0v) is 10.1. The molecule has 0 spiro atoms. The van der Waals surface area contributed by atoms with Crippen LogP contribution in [0, 0.1) is 6.92 Å². The molecule has 3 heteroatoms. The highest BCUT2D eigenvalue weighted by Gasteiger charge is 2.20. The van der Waals surface area contributed by atoms with Gasteiger partial charge in [-0.2, -0.15) is 0 Å². The number of aryl methyl sites for hydroxylation is 1. The zero-order valence-electron chi connectivity index (χ0n) is 10.1. The van der Waals surface area contributed by atoms with Crippen molar-refractivity contribution in [1.29, 1.82) is 0 Å². The van der Waals surface area contributed by atoms with E-state index in [-0.39, 0.29) is 18.1 Å². The Morgan fingerprint density at radius 2 is 1.76 bits per heavy atom. The third-order valence-corrected chi connectivity index (χ3v) is 3.35. The van der Waals surface area contributed by atoms with Crippen LogP contribution in [-0.4, -0.2) is 23.2 Å². The number of hydrogen-bond acceptors (Lipinski definition) is 2. The van der Waals surface area contributed by atoms with E-state index in [0.29, 0.717) is 5.56 Å². The van der Waals surface area contributed by atoms with E-state index in [1.54, 1.807) is 0 Å². The Bertz CT molecular complexity index is 378. The maximum Gasteiger partial charge on any atom is 0.251 e. The average molecular weight is 233 g/mol. The summed E-state index contributed by atoms with van der Waals surface area (Å²) in [7, 11) is 0. The molecule has 0 atom stereocenters. The minimum atomic E-state index is -0.178. The minimum Gasteiger partial charge on any atom is -0.393 e. The van der Waals surface area contributed by atoms with Crippen molar-refractivity contribution >= 4 is 5.91 Å². The summed E-state index contributed by atoms with van der Waals surface area (Å²) in [5.41, 5.74) is 1.86. The Balaban J connectivity index is 1.91. The van der Waals surface area contributed by atoms with E-state index in [4.69, 9.17) is 0 Å². The van der Waals surface area contributed by atoms with E-state index >= 15 is 0 Å². The van der Waals surface area contributed by atoms with Gasteiger partial charge in [-0.3, -0.25) is 4.79 Å². The molecule has 1 aliphatic carbocycles. The molecule has 0 aromatic heterocycles. The fraction of sp³-hybridized carbons (Fsp3) is 0.500. The van der Waals surface area contributed by atoms with Gasteiger partial charge >= 0.3 is 0 Å². The summed E-state index contributed by atoms with van der Waals surface area (Å²) in [5, 5.41) is 12.4. The molecule has 1 aliphatic rings. The van der Waals surface area contributed by atoms with Crippen LogP contribution in [0.3, 0.4) is 0 Å². The van der Waals surface area contributed by atoms with Crippen LogP contribution in [0.2, 0.25) is 0 Å². The Kier molecular flexibility index (Phi) is 3.79. The van der Waals surface area contributed by atoms with Gasteiger partial charge in [0.05, 0.1) is 6.10 Å². The number of aliphatic hydroxyl groups excluding tert-OH is 1. The van der Waals surface area contributed by atoms with E-state index in [0.717, 1.165) is 31.2 Å². The summed E-state index contributed by atoms with van der Waals surface area (Å²) in [6.07, 6.45) is 3.15. The average Bonchev–Trinajstić information content (AvgIpc) is 2.33. The van der Waals surface area contributed by atoms with E-state index in [2.05, 4.69) is 5.32 Å². The predicted molar refractivity (Wildman–Crippen MR) is 66.9 cm³/mol. The Hall–Kier alpha value is -1.35. The van der Waals surface area contributed by atoms with Gasteiger partial charge in [-0.15, -0.1) is 0 Å². The smallest absolute Gasteiger partial charge is 0.251 e. The molecule has 17 heavy (non-hydrogen) atoms. The van der Waals surface area contributed by atoms with Gasteiger partial charge in [0.25, 0.3) is 5.91 Å². The highest BCUT2D eigenvalue weighted by atomic mass is 16.3. The van der Waals surface area contributed by atoms with Crippen LogP contribution in [0.4, 0.5) is 0 Å². The van der Waals surface area contributed by atoms with Gasteiger partial charge in [-0.25, -0.2) is 0 Å². The van der Waals surface area contributed by atoms with E-state index < -0.39 is 0 Å². The highest BCUT2D eigenvalue weighted by molar-refractivity contribution is 5.94. The van der Waals surface area contributed by atoms with Crippen molar-refractivity contribution in [3.05, 3.63) is 35.4 Å². The maximum atomic E-state index is 11.9. The highest BCUT2D eigenvalue weighted by Crippen LogP contribution is 2.18. The molecule has 0 saturated heterocycles. The van der Waals surface area contributed by atoms with E-state index in [1.165, 1.54) is 0 Å². The van der Waals surface area contributed by atoms with Crippen molar-refractivity contribution in [3.63, 3.8) is 0 Å². The second-order valence-electron chi connectivity index (χ2n) is 4.84. The molecule has 2 N–H and O–H groups in total. The van der Waals surface area contributed by atoms with Crippen LogP contribution in [0.25, 0.3) is 0 Å². The summed E-state index contributed by atoms with van der Waals surface area (Å²) < 4.78 is 0. The van der Waals surface area contributed by atoms with E-state index in [1.807, 2.05) is 31.2 Å². The molecule has 92 valence electrons. The monoisotopic (exact) mass is 233 g/mol. The first-order chi connectivity index (χ1) is 8.15. The zero-order chi connectivity index (χ0) is 12.3. The second-order valence-corrected chi connectivity index (χ2v) is 4.84. The van der Waals surface area contributed by atoms with E-state index in [9.17, 15) is 9.90 Å². The lowest BCUT2D eigenvalue weighted by molar-refractivity contribution is 0.0867. The maximum absolute atomic E-state index is 11.9. The lowest BCUT2D eigenvalue weighted by atomic mass is 9.93. The summed E-state index contributed by atoms with van der Waals surface area (Å²) in [6.45, 7) is 2.00. The first-order valence-electron chi connectivity index (χ1n) is 6.21. The third-order valence-electron chi connectivity index (χ3n) is 3.35. The normalized spacial score (nSPS) is 24.4. The quantitative estimate of drug-likeness (QED) is 0.821. The van der Waals surface area contributed by atoms with Gasteiger partial charge in [-0.1, -0.05) is 17.7 Å². The molecule has 0 aliphatic heterocycles. The van der Waals surface area contributed by atoms with Gasteiger partial charge in [0.2, 0.25) is 0 Å². The number of hydrogen-bond donors (Lipinski definition) is 2. The number of carbonyl (C=O) groups excluding carboxylic acids is 1. The molecule has 1 aromatic carbocycles. The molecule has 0 heterocycles. The van der Waals surface area contributed by atoms with Crippen molar-refractivity contribution in [2.24, 2.45) is 0 Å². The number of carbonyl (C=O) groups is 1. The molecule has 1 fully saturated rings. The molecule has 0 radical (unpaired) electrons. The summed E-state index contributed by atoms with van der Waals surface area (Å²) in [5.74, 6) is -0.00797. The molecule has 1 saturated carbocycles. The largest absolute Gasteiger partial charge is 0.393 e. The number of amides is 1. The lowest BCUT2D eigenvalue weighted by Crippen LogP contribution is -2.38. The van der Waals surface area contributed by atoms with Crippen LogP contribution in [0.1, 0.15) is 41.6 Å². The summed E-state index contributed by atoms with van der Waals surface area (Å²) in [4.78, 5) is 11.9. The van der Waals surface area contributed by atoms with Crippen molar-refractivity contribution in [2.45, 2.75) is 44.8 Å². The minimum absolute atomic E-state index is 0.00797. The first-order valence-corrected chi connectivity index (χ1v) is 6.21. The van der Waals surface area contributed by atoms with Gasteiger partial charge in [0, 0.05) is 11.6 Å². The van der Waals surface area contributed by atoms with Gasteiger partial charge in [0.15, 0.2) is 0 Å². The second kappa shape index (κ2) is 5.32. The van der Waals surface area contributed by atoms with Gasteiger partial charge in [-0.05, 0) is 44.7 Å². The molecule has 1 amide bonds. The van der Waals surface area contributed by atoms with Crippen molar-refractivity contribution in [2.75, 3.05) is 0 Å². The van der Waals surface area contributed by atoms with Crippen molar-refractivity contribution < 1.29 is 9.90 Å². The fourth-order valence-corrected chi connectivity index (χ4v) is 2.19. The third kappa shape index (κ3) is 3.30. The number of aliphatic hydroxyl groups is 1. The molecular weight excluding hydrogens is 214 g/mol. The molecule has 1 aromatic rings. The van der Waals surface area contributed by atoms with Crippen LogP contribution < -0.4 is 5.32 Å². The van der Waals surface area contributed by atoms with Crippen molar-refractivity contribution in [3.8, 4) is 0 Å². The summed E-state index contributed by atoms with van der Waals surface area (Å²) >= 11 is 0. The Labute approximate surface area is 102 Å². The topological polar surface area (TPSA) is 49.3 Å². The summed E-state index contributed by atoms with van der Waals surface area (Å²) in [6, 6.07) is 7.80. The Morgan fingerprint density at radius 1 is 1.18 bits per heavy atom. The lowest BCUT2D eigenvalue weighted by Gasteiger charge is -2.26. The van der Waals surface area contributed by atoms with Crippen molar-refractivity contribution in [1.82, 2.24) is 5.32 Å². The Morgan fingerprint density at radius 3 is 2.35 bits per heavy atom. The van der Waals surface area contributed by atoms with Gasteiger partial charge < -0.3 is 10.4 Å². The van der Waals surface area contributed by atoms with Crippen LogP contribution in [0.15, 0.2) is 24.3 Å². The molecule has 0 unspecified atom stereocenters. The SMILES string of the molecule is Cc1ccc(C(=O)N[C@H]2CC[C@@H](O)CC2)cc1. The van der Waals surface area contributed by atoms with Crippen LogP contribution in [0.5, 0.6) is 0 Å². The molecular formula is C14H19NO2.